The Morgan fingerprint density at radius 1 is 1.27 bits per heavy atom. The molecule has 0 radical (unpaired) electrons. The number of fused-ring (bicyclic) bond motifs is 1. The Balaban J connectivity index is 0.00000176. The van der Waals surface area contributed by atoms with Crippen molar-refractivity contribution in [2.75, 3.05) is 17.6 Å². The molecule has 1 aliphatic rings. The Kier molecular flexibility index (Phi) is 5.69. The van der Waals surface area contributed by atoms with Crippen molar-refractivity contribution in [1.82, 2.24) is 9.71 Å². The Morgan fingerprint density at radius 2 is 2.14 bits per heavy atom. The molecule has 0 unspecified atom stereocenters. The number of pyridine rings is 1. The smallest absolute Gasteiger partial charge is 0.240 e. The molecule has 0 atom stereocenters. The van der Waals surface area contributed by atoms with Crippen molar-refractivity contribution in [1.29, 1.82) is 0 Å². The van der Waals surface area contributed by atoms with Gasteiger partial charge in [-0.2, -0.15) is 0 Å². The number of anilines is 1. The highest BCUT2D eigenvalue weighted by molar-refractivity contribution is 7.99. The zero-order valence-corrected chi connectivity index (χ0v) is 14.1. The maximum Gasteiger partial charge on any atom is 0.240 e. The number of thioether (sulfide) groups is 1. The van der Waals surface area contributed by atoms with E-state index in [-0.39, 0.29) is 23.8 Å². The predicted octanol–water partition coefficient (Wildman–Crippen LogP) is 2.50. The number of sulfonamides is 1. The van der Waals surface area contributed by atoms with Gasteiger partial charge in [0.15, 0.2) is 0 Å². The molecule has 1 aliphatic heterocycles. The Bertz CT molecular complexity index is 739. The summed E-state index contributed by atoms with van der Waals surface area (Å²) < 4.78 is 27.2. The Labute approximate surface area is 140 Å². The second-order valence-corrected chi connectivity index (χ2v) is 7.48. The molecular weight excluding hydrogens is 342 g/mol. The molecule has 0 saturated carbocycles. The van der Waals surface area contributed by atoms with Crippen molar-refractivity contribution < 1.29 is 8.42 Å². The molecule has 2 N–H and O–H groups in total. The summed E-state index contributed by atoms with van der Waals surface area (Å²) in [7, 11) is -3.53. The number of nitrogens with one attached hydrogen (secondary N) is 2. The predicted molar refractivity (Wildman–Crippen MR) is 91.2 cm³/mol. The molecule has 22 heavy (non-hydrogen) atoms. The van der Waals surface area contributed by atoms with E-state index in [1.807, 2.05) is 12.1 Å². The normalized spacial score (nSPS) is 13.6. The van der Waals surface area contributed by atoms with E-state index in [4.69, 9.17) is 0 Å². The maximum atomic E-state index is 12.3. The largest absolute Gasteiger partial charge is 0.383 e. The summed E-state index contributed by atoms with van der Waals surface area (Å²) in [5.41, 5.74) is 1.57. The second-order valence-electron chi connectivity index (χ2n) is 4.58. The molecule has 0 bridgehead atoms. The first-order valence-corrected chi connectivity index (χ1v) is 9.02. The van der Waals surface area contributed by atoms with E-state index in [1.54, 1.807) is 42.2 Å². The molecule has 0 fully saturated rings. The van der Waals surface area contributed by atoms with Gasteiger partial charge in [0.1, 0.15) is 0 Å². The molecule has 1 aromatic heterocycles. The molecule has 3 rings (SSSR count). The fourth-order valence-corrected chi connectivity index (χ4v) is 3.94. The van der Waals surface area contributed by atoms with Crippen LogP contribution < -0.4 is 10.0 Å². The molecule has 0 aliphatic carbocycles. The van der Waals surface area contributed by atoms with Crippen molar-refractivity contribution >= 4 is 39.9 Å². The summed E-state index contributed by atoms with van der Waals surface area (Å²) >= 11 is 1.73. The summed E-state index contributed by atoms with van der Waals surface area (Å²) in [6.45, 7) is 1.03. The lowest BCUT2D eigenvalue weighted by molar-refractivity contribution is 0.580. The summed E-state index contributed by atoms with van der Waals surface area (Å²) in [5.74, 6) is 0.997. The summed E-state index contributed by atoms with van der Waals surface area (Å²) in [6.07, 6.45) is 1.64. The number of halogens is 1. The Hall–Kier alpha value is -1.28. The Morgan fingerprint density at radius 3 is 2.91 bits per heavy atom. The average Bonchev–Trinajstić information content (AvgIpc) is 2.53. The summed E-state index contributed by atoms with van der Waals surface area (Å²) in [4.78, 5) is 5.46. The lowest BCUT2D eigenvalue weighted by atomic mass is 10.3. The molecule has 5 nitrogen and oxygen atoms in total. The van der Waals surface area contributed by atoms with Crippen LogP contribution in [0.4, 0.5) is 5.69 Å². The average molecular weight is 358 g/mol. The van der Waals surface area contributed by atoms with Crippen LogP contribution in [0, 0.1) is 0 Å². The third-order valence-electron chi connectivity index (χ3n) is 3.11. The van der Waals surface area contributed by atoms with E-state index >= 15 is 0 Å². The minimum Gasteiger partial charge on any atom is -0.383 e. The van der Waals surface area contributed by atoms with E-state index in [0.717, 1.165) is 22.9 Å². The van der Waals surface area contributed by atoms with Gasteiger partial charge in [-0.25, -0.2) is 13.1 Å². The number of hydrogen-bond acceptors (Lipinski definition) is 5. The van der Waals surface area contributed by atoms with Gasteiger partial charge in [0, 0.05) is 29.1 Å². The number of aromatic nitrogens is 1. The van der Waals surface area contributed by atoms with E-state index in [2.05, 4.69) is 15.0 Å². The van der Waals surface area contributed by atoms with Crippen LogP contribution in [0.3, 0.4) is 0 Å². The molecule has 1 aromatic carbocycles. The van der Waals surface area contributed by atoms with Crippen LogP contribution in [0.15, 0.2) is 52.4 Å². The van der Waals surface area contributed by atoms with Gasteiger partial charge in [0.05, 0.1) is 17.1 Å². The molecule has 118 valence electrons. The van der Waals surface area contributed by atoms with Crippen molar-refractivity contribution in [3.8, 4) is 0 Å². The van der Waals surface area contributed by atoms with E-state index in [9.17, 15) is 8.42 Å². The lowest BCUT2D eigenvalue weighted by Gasteiger charge is -2.18. The lowest BCUT2D eigenvalue weighted by Crippen LogP contribution is -2.24. The van der Waals surface area contributed by atoms with Crippen molar-refractivity contribution in [2.24, 2.45) is 0 Å². The number of nitrogens with zero attached hydrogens (tertiary/aromatic N) is 1. The first-order valence-electron chi connectivity index (χ1n) is 6.55. The van der Waals surface area contributed by atoms with Gasteiger partial charge in [-0.15, -0.1) is 24.2 Å². The fraction of sp³-hybridized carbons (Fsp3) is 0.214. The third kappa shape index (κ3) is 3.92. The monoisotopic (exact) mass is 357 g/mol. The highest BCUT2D eigenvalue weighted by Crippen LogP contribution is 2.32. The molecule has 0 saturated heterocycles. The van der Waals surface area contributed by atoms with Crippen LogP contribution in [-0.4, -0.2) is 25.7 Å². The van der Waals surface area contributed by atoms with E-state index < -0.39 is 10.0 Å². The van der Waals surface area contributed by atoms with Gasteiger partial charge >= 0.3 is 0 Å². The highest BCUT2D eigenvalue weighted by atomic mass is 35.5. The quantitative estimate of drug-likeness (QED) is 0.879. The van der Waals surface area contributed by atoms with Crippen LogP contribution in [0.25, 0.3) is 0 Å². The molecule has 0 amide bonds. The van der Waals surface area contributed by atoms with Gasteiger partial charge < -0.3 is 5.32 Å². The van der Waals surface area contributed by atoms with E-state index in [1.165, 1.54) is 0 Å². The van der Waals surface area contributed by atoms with Crippen molar-refractivity contribution in [2.45, 2.75) is 16.3 Å². The van der Waals surface area contributed by atoms with Crippen LogP contribution in [0.2, 0.25) is 0 Å². The first kappa shape index (κ1) is 17.1. The molecule has 8 heteroatoms. The van der Waals surface area contributed by atoms with Gasteiger partial charge in [-0.3, -0.25) is 4.98 Å². The zero-order chi connectivity index (χ0) is 14.7. The second kappa shape index (κ2) is 7.32. The third-order valence-corrected chi connectivity index (χ3v) is 5.58. The van der Waals surface area contributed by atoms with Gasteiger partial charge in [0.25, 0.3) is 0 Å². The van der Waals surface area contributed by atoms with Gasteiger partial charge in [0.2, 0.25) is 10.0 Å². The molecule has 2 heterocycles. The first-order chi connectivity index (χ1) is 10.1. The molecule has 0 spiro atoms. The van der Waals surface area contributed by atoms with Gasteiger partial charge in [-0.05, 0) is 30.3 Å². The minimum atomic E-state index is -3.53. The number of hydrogen-bond donors (Lipinski definition) is 2. The van der Waals surface area contributed by atoms with Crippen LogP contribution in [0.5, 0.6) is 0 Å². The van der Waals surface area contributed by atoms with E-state index in [0.29, 0.717) is 5.69 Å². The maximum absolute atomic E-state index is 12.3. The van der Waals surface area contributed by atoms with Crippen molar-refractivity contribution in [3.05, 3.63) is 48.3 Å². The standard InChI is InChI=1S/C14H15N3O2S2.ClH/c18-21(19,17-10-11-3-1-2-6-15-11)12-4-5-14-13(9-12)16-7-8-20-14;/h1-6,9,16-17H,7-8,10H2;1H. The van der Waals surface area contributed by atoms with Gasteiger partial charge in [-0.1, -0.05) is 6.07 Å². The molecule has 2 aromatic rings. The highest BCUT2D eigenvalue weighted by Gasteiger charge is 2.17. The zero-order valence-electron chi connectivity index (χ0n) is 11.7. The fourth-order valence-electron chi connectivity index (χ4n) is 2.04. The number of benzene rings is 1. The van der Waals surface area contributed by atoms with Crippen molar-refractivity contribution in [3.63, 3.8) is 0 Å². The minimum absolute atomic E-state index is 0. The summed E-state index contributed by atoms with van der Waals surface area (Å²) in [6, 6.07) is 10.6. The number of rotatable bonds is 4. The topological polar surface area (TPSA) is 71.1 Å². The SMILES string of the molecule is Cl.O=S(=O)(NCc1ccccn1)c1ccc2c(c1)NCCS2. The van der Waals surface area contributed by atoms with Crippen LogP contribution in [-0.2, 0) is 16.6 Å². The molecular formula is C14H16ClN3O2S2. The van der Waals surface area contributed by atoms with Crippen LogP contribution >= 0.6 is 24.2 Å². The summed E-state index contributed by atoms with van der Waals surface area (Å²) in [5, 5.41) is 3.22. The van der Waals surface area contributed by atoms with Crippen LogP contribution in [0.1, 0.15) is 5.69 Å².